The van der Waals surface area contributed by atoms with E-state index >= 15 is 0 Å². The van der Waals surface area contributed by atoms with E-state index in [2.05, 4.69) is 49.6 Å². The van der Waals surface area contributed by atoms with Crippen molar-refractivity contribution in [1.29, 1.82) is 0 Å². The van der Waals surface area contributed by atoms with E-state index in [1.807, 2.05) is 44.2 Å². The minimum atomic E-state index is -1.06. The fraction of sp³-hybridized carbons (Fsp3) is 0.514. The maximum atomic E-state index is 11.3. The van der Waals surface area contributed by atoms with Crippen LogP contribution in [0.25, 0.3) is 0 Å². The Kier molecular flexibility index (Phi) is 15.1. The number of aromatic hydroxyl groups is 2. The van der Waals surface area contributed by atoms with Crippen LogP contribution in [-0.4, -0.2) is 117 Å². The minimum absolute atomic E-state index is 0.189. The molecular formula is C37H55N5O6. The number of phenols is 2. The zero-order valence-electron chi connectivity index (χ0n) is 28.5. The van der Waals surface area contributed by atoms with Crippen LogP contribution in [0.3, 0.4) is 0 Å². The lowest BCUT2D eigenvalue weighted by Gasteiger charge is -2.33. The number of aliphatic hydroxyl groups excluding tert-OH is 4. The number of hydrogen-bond acceptors (Lipinski definition) is 11. The van der Waals surface area contributed by atoms with Crippen LogP contribution < -0.4 is 10.6 Å². The average molecular weight is 666 g/mol. The molecule has 0 saturated carbocycles. The number of nitrogens with zero attached hydrogens (tertiary/aromatic N) is 3. The molecule has 1 atom stereocenters. The topological polar surface area (TPSA) is 155 Å². The van der Waals surface area contributed by atoms with Gasteiger partial charge in [-0.25, -0.2) is 0 Å². The lowest BCUT2D eigenvalue weighted by Crippen LogP contribution is -2.42. The van der Waals surface area contributed by atoms with Crippen LogP contribution in [0.15, 0.2) is 54.6 Å². The Morgan fingerprint density at radius 1 is 0.604 bits per heavy atom. The van der Waals surface area contributed by atoms with Crippen molar-refractivity contribution < 1.29 is 30.6 Å². The molecule has 11 heteroatoms. The van der Waals surface area contributed by atoms with Crippen LogP contribution in [0.1, 0.15) is 45.4 Å². The zero-order chi connectivity index (χ0) is 34.5. The van der Waals surface area contributed by atoms with E-state index in [0.29, 0.717) is 25.2 Å². The summed E-state index contributed by atoms with van der Waals surface area (Å²) in [5, 5.41) is 66.4. The quantitative estimate of drug-likeness (QED) is 0.112. The summed E-state index contributed by atoms with van der Waals surface area (Å²) >= 11 is 0. The molecule has 1 unspecified atom stereocenters. The number of phenolic OH excluding ortho intramolecular Hbond substituents is 2. The van der Waals surface area contributed by atoms with Gasteiger partial charge in [0.25, 0.3) is 0 Å². The van der Waals surface area contributed by atoms with E-state index in [0.717, 1.165) is 80.1 Å². The summed E-state index contributed by atoms with van der Waals surface area (Å²) in [6, 6.07) is 17.9. The van der Waals surface area contributed by atoms with Crippen molar-refractivity contribution in [2.45, 2.75) is 65.3 Å². The average Bonchev–Trinajstić information content (AvgIpc) is 3.08. The van der Waals surface area contributed by atoms with Gasteiger partial charge >= 0.3 is 0 Å². The first-order valence-corrected chi connectivity index (χ1v) is 17.0. The summed E-state index contributed by atoms with van der Waals surface area (Å²) in [7, 11) is 0. The normalized spacial score (nSPS) is 16.4. The molecule has 0 aromatic heterocycles. The first-order valence-electron chi connectivity index (χ1n) is 17.0. The fourth-order valence-corrected chi connectivity index (χ4v) is 6.33. The van der Waals surface area contributed by atoms with Gasteiger partial charge in [0.2, 0.25) is 0 Å². The first-order chi connectivity index (χ1) is 23.2. The van der Waals surface area contributed by atoms with Crippen molar-refractivity contribution in [3.8, 4) is 11.5 Å². The van der Waals surface area contributed by atoms with Gasteiger partial charge in [-0.3, -0.25) is 20.0 Å². The highest BCUT2D eigenvalue weighted by atomic mass is 16.3. The molecule has 1 heterocycles. The summed E-state index contributed by atoms with van der Waals surface area (Å²) in [6.45, 7) is 10.8. The summed E-state index contributed by atoms with van der Waals surface area (Å²) in [4.78, 5) is 7.25. The van der Waals surface area contributed by atoms with Gasteiger partial charge < -0.3 is 36.0 Å². The Morgan fingerprint density at radius 2 is 1.06 bits per heavy atom. The summed E-state index contributed by atoms with van der Waals surface area (Å²) < 4.78 is 0. The predicted molar refractivity (Wildman–Crippen MR) is 187 cm³/mol. The molecule has 1 saturated heterocycles. The highest BCUT2D eigenvalue weighted by Crippen LogP contribution is 2.28. The van der Waals surface area contributed by atoms with E-state index in [-0.39, 0.29) is 31.3 Å². The Bertz CT molecular complexity index is 1410. The second kappa shape index (κ2) is 19.2. The highest BCUT2D eigenvalue weighted by molar-refractivity contribution is 5.44. The van der Waals surface area contributed by atoms with E-state index in [9.17, 15) is 30.6 Å². The van der Waals surface area contributed by atoms with Gasteiger partial charge in [-0.05, 0) is 38.9 Å². The third-order valence-electron chi connectivity index (χ3n) is 9.00. The van der Waals surface area contributed by atoms with Crippen LogP contribution in [0.2, 0.25) is 0 Å². The molecule has 0 radical (unpaired) electrons. The van der Waals surface area contributed by atoms with Gasteiger partial charge in [0, 0.05) is 81.2 Å². The van der Waals surface area contributed by atoms with E-state index < -0.39 is 18.9 Å². The minimum Gasteiger partial charge on any atom is -0.507 e. The van der Waals surface area contributed by atoms with Crippen LogP contribution in [0.5, 0.6) is 11.5 Å². The van der Waals surface area contributed by atoms with Crippen molar-refractivity contribution in [3.05, 3.63) is 93.5 Å². The van der Waals surface area contributed by atoms with Crippen molar-refractivity contribution in [3.63, 3.8) is 0 Å². The fourth-order valence-electron chi connectivity index (χ4n) is 6.33. The zero-order valence-corrected chi connectivity index (χ0v) is 28.5. The molecule has 0 aliphatic carbocycles. The number of nitrogens with one attached hydrogen (secondary N) is 2. The van der Waals surface area contributed by atoms with Gasteiger partial charge in [0.05, 0.1) is 25.9 Å². The highest BCUT2D eigenvalue weighted by Gasteiger charge is 2.20. The maximum Gasteiger partial charge on any atom is 0.128 e. The number of rotatable bonds is 15. The Hall–Kier alpha value is -3.10. The van der Waals surface area contributed by atoms with E-state index in [1.54, 1.807) is 0 Å². The first kappa shape index (κ1) is 37.7. The molecule has 0 bridgehead atoms. The Balaban J connectivity index is 1.54. The molecule has 0 spiro atoms. The van der Waals surface area contributed by atoms with Crippen LogP contribution in [-0.2, 0) is 32.7 Å². The lowest BCUT2D eigenvalue weighted by molar-refractivity contribution is 0.0664. The second-order valence-corrected chi connectivity index (χ2v) is 13.1. The van der Waals surface area contributed by atoms with Crippen LogP contribution >= 0.6 is 0 Å². The number of benzene rings is 3. The van der Waals surface area contributed by atoms with Crippen molar-refractivity contribution >= 4 is 0 Å². The number of aryl methyl sites for hydroxylation is 2. The molecule has 48 heavy (non-hydrogen) atoms. The smallest absolute Gasteiger partial charge is 0.128 e. The molecule has 8 N–H and O–H groups in total. The molecule has 1 fully saturated rings. The number of hydrogen-bond donors (Lipinski definition) is 8. The monoisotopic (exact) mass is 665 g/mol. The molecule has 0 amide bonds. The molecule has 1 aliphatic heterocycles. The second-order valence-electron chi connectivity index (χ2n) is 13.1. The van der Waals surface area contributed by atoms with E-state index in [1.165, 1.54) is 5.56 Å². The number of aliphatic hydroxyl groups is 4. The SMILES string of the molecule is Cc1cc(CNC(O)CO)c(O)c(CN2CCCN(Cc3ccccc3)CCN(Cc3cc(C)cc(CNC(CO)CO)c3O)CC2)c1. The van der Waals surface area contributed by atoms with Gasteiger partial charge in [-0.1, -0.05) is 65.7 Å². The van der Waals surface area contributed by atoms with Crippen LogP contribution in [0, 0.1) is 13.8 Å². The largest absolute Gasteiger partial charge is 0.507 e. The third kappa shape index (κ3) is 11.5. The van der Waals surface area contributed by atoms with Crippen molar-refractivity contribution in [2.75, 3.05) is 59.1 Å². The van der Waals surface area contributed by atoms with Gasteiger partial charge in [0.1, 0.15) is 17.7 Å². The third-order valence-corrected chi connectivity index (χ3v) is 9.00. The molecule has 3 aromatic rings. The maximum absolute atomic E-state index is 11.3. The Morgan fingerprint density at radius 3 is 1.56 bits per heavy atom. The summed E-state index contributed by atoms with van der Waals surface area (Å²) in [5.41, 5.74) is 6.40. The van der Waals surface area contributed by atoms with Crippen LogP contribution in [0.4, 0.5) is 0 Å². The standard InChI is InChI=1S/C37H55N5O6/c1-27-15-30(19-38-34(24-43)25-44)36(47)33(18-27)23-42-13-11-40(21-29-7-4-3-5-8-29)9-6-10-41(12-14-42)22-32-17-28(2)16-31(37(32)48)20-39-35(46)26-45/h3-5,7-8,15-18,34-35,38-39,43-48H,6,9-14,19-26H2,1-2H3. The summed E-state index contributed by atoms with van der Waals surface area (Å²) in [5.74, 6) is 0.434. The van der Waals surface area contributed by atoms with Gasteiger partial charge in [-0.15, -0.1) is 0 Å². The van der Waals surface area contributed by atoms with Crippen molar-refractivity contribution in [2.24, 2.45) is 0 Å². The molecule has 4 rings (SSSR count). The molecular weight excluding hydrogens is 610 g/mol. The van der Waals surface area contributed by atoms with E-state index in [4.69, 9.17) is 0 Å². The summed E-state index contributed by atoms with van der Waals surface area (Å²) in [6.07, 6.45) is -0.0767. The Labute approximate surface area is 285 Å². The van der Waals surface area contributed by atoms with Crippen molar-refractivity contribution in [1.82, 2.24) is 25.3 Å². The molecule has 264 valence electrons. The molecule has 1 aliphatic rings. The predicted octanol–water partition coefficient (Wildman–Crippen LogP) is 1.77. The van der Waals surface area contributed by atoms with Gasteiger partial charge in [-0.2, -0.15) is 0 Å². The lowest BCUT2D eigenvalue weighted by atomic mass is 10.0. The molecule has 11 nitrogen and oxygen atoms in total. The van der Waals surface area contributed by atoms with Gasteiger partial charge in [0.15, 0.2) is 0 Å². The molecule has 3 aromatic carbocycles.